The summed E-state index contributed by atoms with van der Waals surface area (Å²) >= 11 is 0. The lowest BCUT2D eigenvalue weighted by molar-refractivity contribution is -0.135. The number of carbonyl (C=O) groups is 2. The van der Waals surface area contributed by atoms with E-state index in [2.05, 4.69) is 6.92 Å². The number of amides is 2. The minimum absolute atomic E-state index is 0. The molecular formula is C22H40ClNO2. The van der Waals surface area contributed by atoms with E-state index < -0.39 is 0 Å². The van der Waals surface area contributed by atoms with Crippen LogP contribution in [0.5, 0.6) is 0 Å². The number of carbonyl (C=O) groups excluding carboxylic acids is 2. The highest BCUT2D eigenvalue weighted by molar-refractivity contribution is 6.02. The third-order valence-corrected chi connectivity index (χ3v) is 5.07. The lowest BCUT2D eigenvalue weighted by atomic mass is 10.0. The van der Waals surface area contributed by atoms with Crippen LogP contribution in [0.25, 0.3) is 0 Å². The minimum Gasteiger partial charge on any atom is -0.274 e. The Morgan fingerprint density at radius 3 is 1.50 bits per heavy atom. The number of hydrogen-bond acceptors (Lipinski definition) is 2. The lowest BCUT2D eigenvalue weighted by Crippen LogP contribution is -2.22. The smallest absolute Gasteiger partial charge is 0.233 e. The molecule has 4 heteroatoms. The molecule has 0 aromatic carbocycles. The van der Waals surface area contributed by atoms with E-state index in [0.717, 1.165) is 12.8 Å². The van der Waals surface area contributed by atoms with E-state index in [9.17, 15) is 9.59 Å². The maximum Gasteiger partial charge on any atom is 0.233 e. The van der Waals surface area contributed by atoms with Crippen molar-refractivity contribution < 1.29 is 9.59 Å². The first-order chi connectivity index (χ1) is 12.3. The maximum atomic E-state index is 11.4. The van der Waals surface area contributed by atoms with Gasteiger partial charge in [0.1, 0.15) is 0 Å². The molecule has 1 aliphatic rings. The summed E-state index contributed by atoms with van der Waals surface area (Å²) in [6.07, 6.45) is 24.5. The molecule has 1 saturated heterocycles. The molecule has 0 aromatic heterocycles. The van der Waals surface area contributed by atoms with Crippen molar-refractivity contribution in [2.75, 3.05) is 0 Å². The van der Waals surface area contributed by atoms with Crippen molar-refractivity contribution in [2.24, 2.45) is 0 Å². The molecule has 0 saturated carbocycles. The fraction of sp³-hybridized carbons (Fsp3) is 0.818. The van der Waals surface area contributed by atoms with Gasteiger partial charge in [-0.15, -0.1) is 12.4 Å². The van der Waals surface area contributed by atoms with Gasteiger partial charge in [-0.05, 0) is 12.8 Å². The normalized spacial score (nSPS) is 14.4. The van der Waals surface area contributed by atoms with Crippen LogP contribution in [0.15, 0.2) is 12.3 Å². The topological polar surface area (TPSA) is 37.4 Å². The number of imide groups is 1. The Labute approximate surface area is 167 Å². The fourth-order valence-electron chi connectivity index (χ4n) is 3.40. The number of hydrogen-bond donors (Lipinski definition) is 0. The Kier molecular flexibility index (Phi) is 17.0. The molecule has 0 bridgehead atoms. The summed E-state index contributed by atoms with van der Waals surface area (Å²) in [7, 11) is 0. The van der Waals surface area contributed by atoms with Crippen molar-refractivity contribution in [3.8, 4) is 0 Å². The molecule has 1 fully saturated rings. The van der Waals surface area contributed by atoms with E-state index in [1.165, 1.54) is 88.4 Å². The van der Waals surface area contributed by atoms with Gasteiger partial charge in [0.25, 0.3) is 0 Å². The summed E-state index contributed by atoms with van der Waals surface area (Å²) < 4.78 is 0. The van der Waals surface area contributed by atoms with Crippen LogP contribution in [0.2, 0.25) is 0 Å². The van der Waals surface area contributed by atoms with Crippen molar-refractivity contribution >= 4 is 24.2 Å². The Balaban J connectivity index is 0.00000625. The molecule has 1 aliphatic heterocycles. The van der Waals surface area contributed by atoms with Crippen LogP contribution in [-0.2, 0) is 9.59 Å². The predicted molar refractivity (Wildman–Crippen MR) is 112 cm³/mol. The van der Waals surface area contributed by atoms with Crippen LogP contribution in [0.1, 0.15) is 116 Å². The van der Waals surface area contributed by atoms with E-state index in [4.69, 9.17) is 0 Å². The summed E-state index contributed by atoms with van der Waals surface area (Å²) in [5, 5.41) is 0. The molecule has 1 heterocycles. The van der Waals surface area contributed by atoms with E-state index in [0.29, 0.717) is 12.8 Å². The summed E-state index contributed by atoms with van der Waals surface area (Å²) in [6, 6.07) is 0. The second kappa shape index (κ2) is 17.6. The lowest BCUT2D eigenvalue weighted by Gasteiger charge is -2.06. The van der Waals surface area contributed by atoms with Gasteiger partial charge in [0.2, 0.25) is 11.8 Å². The van der Waals surface area contributed by atoms with Crippen LogP contribution in [0.4, 0.5) is 0 Å². The van der Waals surface area contributed by atoms with Gasteiger partial charge in [-0.3, -0.25) is 14.5 Å². The summed E-state index contributed by atoms with van der Waals surface area (Å²) in [4.78, 5) is 24.1. The van der Waals surface area contributed by atoms with E-state index >= 15 is 0 Å². The molecule has 0 spiro atoms. The maximum absolute atomic E-state index is 11.4. The number of likely N-dealkylation sites (tertiary alicyclic amines) is 1. The van der Waals surface area contributed by atoms with Gasteiger partial charge in [0, 0.05) is 19.0 Å². The van der Waals surface area contributed by atoms with Crippen molar-refractivity contribution in [1.82, 2.24) is 4.90 Å². The molecule has 0 radical (unpaired) electrons. The van der Waals surface area contributed by atoms with Crippen LogP contribution in [-0.4, -0.2) is 16.7 Å². The van der Waals surface area contributed by atoms with Gasteiger partial charge in [0.05, 0.1) is 0 Å². The number of allylic oxidation sites excluding steroid dienone is 1. The highest BCUT2D eigenvalue weighted by atomic mass is 35.5. The SMILES string of the molecule is CCCCCCCCCCCCCCCCC=CN1C(=O)CCC1=O.Cl. The summed E-state index contributed by atoms with van der Waals surface area (Å²) in [6.45, 7) is 2.27. The molecule has 3 nitrogen and oxygen atoms in total. The van der Waals surface area contributed by atoms with Gasteiger partial charge >= 0.3 is 0 Å². The van der Waals surface area contributed by atoms with Crippen LogP contribution in [0.3, 0.4) is 0 Å². The number of rotatable bonds is 16. The minimum atomic E-state index is -0.0535. The second-order valence-corrected chi connectivity index (χ2v) is 7.43. The summed E-state index contributed by atoms with van der Waals surface area (Å²) in [5.41, 5.74) is 0. The first kappa shape index (κ1) is 25.2. The van der Waals surface area contributed by atoms with E-state index in [1.807, 2.05) is 6.08 Å². The van der Waals surface area contributed by atoms with Crippen molar-refractivity contribution in [3.05, 3.63) is 12.3 Å². The van der Waals surface area contributed by atoms with Gasteiger partial charge in [-0.2, -0.15) is 0 Å². The van der Waals surface area contributed by atoms with Crippen LogP contribution >= 0.6 is 12.4 Å². The Hall–Kier alpha value is -0.830. The van der Waals surface area contributed by atoms with Gasteiger partial charge < -0.3 is 0 Å². The van der Waals surface area contributed by atoms with Gasteiger partial charge in [-0.25, -0.2) is 0 Å². The number of halogens is 1. The standard InChI is InChI=1S/C22H39NO2.ClH/c1-2-3-4-5-6-7-8-9-10-11-12-13-14-15-16-17-20-23-21(24)18-19-22(23)25;/h17,20H,2-16,18-19H2,1H3;1H. The van der Waals surface area contributed by atoms with Gasteiger partial charge in [0.15, 0.2) is 0 Å². The third-order valence-electron chi connectivity index (χ3n) is 5.07. The molecule has 0 aromatic rings. The zero-order valence-electron chi connectivity index (χ0n) is 16.8. The Bertz CT molecular complexity index is 380. The molecule has 1 rings (SSSR count). The monoisotopic (exact) mass is 385 g/mol. The van der Waals surface area contributed by atoms with Crippen LogP contribution in [0, 0.1) is 0 Å². The molecule has 26 heavy (non-hydrogen) atoms. The van der Waals surface area contributed by atoms with Crippen molar-refractivity contribution in [3.63, 3.8) is 0 Å². The molecular weight excluding hydrogens is 346 g/mol. The molecule has 0 N–H and O–H groups in total. The zero-order valence-corrected chi connectivity index (χ0v) is 17.7. The summed E-state index contributed by atoms with van der Waals surface area (Å²) in [5.74, 6) is -0.107. The average molecular weight is 386 g/mol. The largest absolute Gasteiger partial charge is 0.274 e. The Morgan fingerprint density at radius 2 is 1.08 bits per heavy atom. The fourth-order valence-corrected chi connectivity index (χ4v) is 3.40. The predicted octanol–water partition coefficient (Wildman–Crippen LogP) is 6.94. The quantitative estimate of drug-likeness (QED) is 0.213. The molecule has 0 atom stereocenters. The third kappa shape index (κ3) is 12.5. The van der Waals surface area contributed by atoms with Gasteiger partial charge in [-0.1, -0.05) is 96.5 Å². The second-order valence-electron chi connectivity index (χ2n) is 7.43. The van der Waals surface area contributed by atoms with Crippen LogP contribution < -0.4 is 0 Å². The molecule has 2 amide bonds. The van der Waals surface area contributed by atoms with E-state index in [-0.39, 0.29) is 24.2 Å². The average Bonchev–Trinajstić information content (AvgIpc) is 2.93. The molecule has 0 aliphatic carbocycles. The molecule has 152 valence electrons. The Morgan fingerprint density at radius 1 is 0.692 bits per heavy atom. The van der Waals surface area contributed by atoms with E-state index in [1.54, 1.807) is 6.20 Å². The zero-order chi connectivity index (χ0) is 18.2. The first-order valence-corrected chi connectivity index (χ1v) is 10.8. The number of nitrogens with zero attached hydrogens (tertiary/aromatic N) is 1. The highest BCUT2D eigenvalue weighted by Gasteiger charge is 2.26. The molecule has 0 unspecified atom stereocenters. The van der Waals surface area contributed by atoms with Crippen molar-refractivity contribution in [1.29, 1.82) is 0 Å². The number of unbranched alkanes of at least 4 members (excludes halogenated alkanes) is 14. The highest BCUT2D eigenvalue weighted by Crippen LogP contribution is 2.14. The van der Waals surface area contributed by atoms with Crippen molar-refractivity contribution in [2.45, 2.75) is 116 Å². The first-order valence-electron chi connectivity index (χ1n) is 10.8.